The van der Waals surface area contributed by atoms with Gasteiger partial charge in [0.25, 0.3) is 11.7 Å². The molecule has 2 aliphatic heterocycles. The highest BCUT2D eigenvalue weighted by Crippen LogP contribution is 2.41. The van der Waals surface area contributed by atoms with Crippen molar-refractivity contribution >= 4 is 17.4 Å². The van der Waals surface area contributed by atoms with Gasteiger partial charge in [0.1, 0.15) is 11.5 Å². The normalized spacial score (nSPS) is 19.1. The van der Waals surface area contributed by atoms with E-state index in [0.29, 0.717) is 28.4 Å². The van der Waals surface area contributed by atoms with Crippen molar-refractivity contribution in [1.82, 2.24) is 4.90 Å². The number of likely N-dealkylation sites (tertiary alicyclic amines) is 1. The number of rotatable bonds is 7. The van der Waals surface area contributed by atoms with E-state index in [4.69, 9.17) is 18.9 Å². The molecular weight excluding hydrogens is 414 g/mol. The summed E-state index contributed by atoms with van der Waals surface area (Å²) < 4.78 is 21.5. The molecule has 4 rings (SSSR count). The molecule has 1 atom stereocenters. The fourth-order valence-corrected chi connectivity index (χ4v) is 3.85. The second-order valence-electron chi connectivity index (χ2n) is 7.79. The van der Waals surface area contributed by atoms with Crippen LogP contribution in [0.15, 0.2) is 48.0 Å². The van der Waals surface area contributed by atoms with Crippen LogP contribution < -0.4 is 14.2 Å². The van der Waals surface area contributed by atoms with Gasteiger partial charge in [-0.3, -0.25) is 9.59 Å². The zero-order valence-electron chi connectivity index (χ0n) is 18.2. The molecular formula is C24H25NO7. The molecule has 2 aliphatic rings. The van der Waals surface area contributed by atoms with Crippen molar-refractivity contribution in [3.05, 3.63) is 59.2 Å². The summed E-state index contributed by atoms with van der Waals surface area (Å²) in [6, 6.07) is 11.3. The van der Waals surface area contributed by atoms with E-state index in [0.717, 1.165) is 0 Å². The highest BCUT2D eigenvalue weighted by atomic mass is 16.7. The van der Waals surface area contributed by atoms with Gasteiger partial charge in [-0.25, -0.2) is 0 Å². The van der Waals surface area contributed by atoms with Gasteiger partial charge in [0.15, 0.2) is 11.5 Å². The Bertz CT molecular complexity index is 1060. The van der Waals surface area contributed by atoms with Crippen molar-refractivity contribution in [3.63, 3.8) is 0 Å². The fraction of sp³-hybridized carbons (Fsp3) is 0.333. The molecule has 8 heteroatoms. The molecule has 2 aromatic rings. The van der Waals surface area contributed by atoms with Gasteiger partial charge in [-0.05, 0) is 49.7 Å². The maximum atomic E-state index is 13.0. The molecule has 168 valence electrons. The number of amides is 1. The molecule has 1 unspecified atom stereocenters. The number of nitrogens with zero attached hydrogens (tertiary/aromatic N) is 1. The van der Waals surface area contributed by atoms with E-state index in [2.05, 4.69) is 0 Å². The summed E-state index contributed by atoms with van der Waals surface area (Å²) in [4.78, 5) is 27.3. The quantitative estimate of drug-likeness (QED) is 0.402. The zero-order chi connectivity index (χ0) is 22.8. The van der Waals surface area contributed by atoms with Crippen molar-refractivity contribution in [2.24, 2.45) is 0 Å². The highest BCUT2D eigenvalue weighted by molar-refractivity contribution is 6.46. The van der Waals surface area contributed by atoms with Crippen LogP contribution in [-0.4, -0.2) is 54.9 Å². The van der Waals surface area contributed by atoms with Gasteiger partial charge in [-0.1, -0.05) is 12.1 Å². The van der Waals surface area contributed by atoms with Crippen molar-refractivity contribution < 1.29 is 33.6 Å². The second-order valence-corrected chi connectivity index (χ2v) is 7.79. The Morgan fingerprint density at radius 3 is 2.53 bits per heavy atom. The second kappa shape index (κ2) is 8.92. The Morgan fingerprint density at radius 1 is 1.12 bits per heavy atom. The minimum Gasteiger partial charge on any atom is -0.507 e. The van der Waals surface area contributed by atoms with E-state index in [1.165, 1.54) is 12.0 Å². The van der Waals surface area contributed by atoms with Gasteiger partial charge in [0.05, 0.1) is 24.3 Å². The van der Waals surface area contributed by atoms with Crippen molar-refractivity contribution in [2.75, 3.05) is 27.1 Å². The van der Waals surface area contributed by atoms with E-state index in [1.807, 2.05) is 13.8 Å². The lowest BCUT2D eigenvalue weighted by molar-refractivity contribution is -0.140. The number of carbonyl (C=O) groups excluding carboxylic acids is 2. The number of ketones is 1. The van der Waals surface area contributed by atoms with E-state index in [1.54, 1.807) is 42.5 Å². The maximum absolute atomic E-state index is 13.0. The first-order chi connectivity index (χ1) is 15.4. The number of hydrogen-bond donors (Lipinski definition) is 1. The first-order valence-electron chi connectivity index (χ1n) is 10.3. The van der Waals surface area contributed by atoms with E-state index in [-0.39, 0.29) is 37.4 Å². The lowest BCUT2D eigenvalue weighted by Gasteiger charge is -2.25. The van der Waals surface area contributed by atoms with Crippen LogP contribution in [0.3, 0.4) is 0 Å². The average Bonchev–Trinajstić information content (AvgIpc) is 3.34. The van der Waals surface area contributed by atoms with Crippen LogP contribution in [0.4, 0.5) is 0 Å². The molecule has 0 aromatic heterocycles. The number of Topliss-reactive ketones (excluding diaryl/α,β-unsaturated/α-hetero) is 1. The maximum Gasteiger partial charge on any atom is 0.295 e. The molecule has 1 amide bonds. The number of carbonyl (C=O) groups is 2. The molecule has 1 fully saturated rings. The summed E-state index contributed by atoms with van der Waals surface area (Å²) in [5.41, 5.74) is 1.06. The predicted molar refractivity (Wildman–Crippen MR) is 116 cm³/mol. The summed E-state index contributed by atoms with van der Waals surface area (Å²) >= 11 is 0. The van der Waals surface area contributed by atoms with Gasteiger partial charge >= 0.3 is 0 Å². The van der Waals surface area contributed by atoms with Gasteiger partial charge in [0.2, 0.25) is 6.79 Å². The Labute approximate surface area is 185 Å². The summed E-state index contributed by atoms with van der Waals surface area (Å²) in [6.07, 6.45) is 0.0131. The van der Waals surface area contributed by atoms with Crippen molar-refractivity contribution in [1.29, 1.82) is 0 Å². The van der Waals surface area contributed by atoms with Gasteiger partial charge in [0, 0.05) is 19.2 Å². The largest absolute Gasteiger partial charge is 0.507 e. The van der Waals surface area contributed by atoms with Crippen LogP contribution in [0.25, 0.3) is 5.76 Å². The van der Waals surface area contributed by atoms with Crippen molar-refractivity contribution in [3.8, 4) is 17.2 Å². The molecule has 0 spiro atoms. The topological polar surface area (TPSA) is 94.5 Å². The first kappa shape index (κ1) is 21.7. The number of aliphatic hydroxyl groups is 1. The molecule has 1 saturated heterocycles. The summed E-state index contributed by atoms with van der Waals surface area (Å²) in [5, 5.41) is 11.1. The number of methoxy groups -OCH3 is 1. The molecule has 8 nitrogen and oxygen atoms in total. The van der Waals surface area contributed by atoms with Gasteiger partial charge in [-0.2, -0.15) is 0 Å². The highest BCUT2D eigenvalue weighted by Gasteiger charge is 2.46. The lowest BCUT2D eigenvalue weighted by atomic mass is 9.95. The molecule has 1 N–H and O–H groups in total. The number of benzene rings is 2. The van der Waals surface area contributed by atoms with Crippen LogP contribution in [0.5, 0.6) is 17.2 Å². The monoisotopic (exact) mass is 439 g/mol. The zero-order valence-corrected chi connectivity index (χ0v) is 18.2. The SMILES string of the molecule is COCCN1C(=O)C(=O)/C(=C(\O)c2ccc3c(c2)OCO3)C1c1ccc(OC(C)C)cc1. The lowest BCUT2D eigenvalue weighted by Crippen LogP contribution is -2.32. The van der Waals surface area contributed by atoms with Crippen LogP contribution in [0.1, 0.15) is 31.0 Å². The number of ether oxygens (including phenoxy) is 4. The minimum atomic E-state index is -0.760. The molecule has 2 heterocycles. The van der Waals surface area contributed by atoms with Crippen molar-refractivity contribution in [2.45, 2.75) is 26.0 Å². The van der Waals surface area contributed by atoms with Gasteiger partial charge < -0.3 is 29.0 Å². The number of fused-ring (bicyclic) bond motifs is 1. The smallest absolute Gasteiger partial charge is 0.295 e. The third kappa shape index (κ3) is 4.01. The van der Waals surface area contributed by atoms with Gasteiger partial charge in [-0.15, -0.1) is 0 Å². The Hall–Kier alpha value is -3.52. The van der Waals surface area contributed by atoms with Crippen LogP contribution >= 0.6 is 0 Å². The average molecular weight is 439 g/mol. The molecule has 0 aliphatic carbocycles. The first-order valence-corrected chi connectivity index (χ1v) is 10.3. The fourth-order valence-electron chi connectivity index (χ4n) is 3.85. The van der Waals surface area contributed by atoms with Crippen LogP contribution in [0, 0.1) is 0 Å². The Morgan fingerprint density at radius 2 is 1.84 bits per heavy atom. The summed E-state index contributed by atoms with van der Waals surface area (Å²) in [7, 11) is 1.52. The number of hydrogen-bond acceptors (Lipinski definition) is 7. The summed E-state index contributed by atoms with van der Waals surface area (Å²) in [5.74, 6) is -0.00292. The van der Waals surface area contributed by atoms with E-state index in [9.17, 15) is 14.7 Å². The van der Waals surface area contributed by atoms with Crippen LogP contribution in [-0.2, 0) is 14.3 Å². The predicted octanol–water partition coefficient (Wildman–Crippen LogP) is 3.27. The minimum absolute atomic E-state index is 0.0131. The summed E-state index contributed by atoms with van der Waals surface area (Å²) in [6.45, 7) is 4.40. The van der Waals surface area contributed by atoms with E-state index < -0.39 is 17.7 Å². The third-order valence-corrected chi connectivity index (χ3v) is 5.29. The Balaban J connectivity index is 1.78. The molecule has 0 bridgehead atoms. The van der Waals surface area contributed by atoms with Crippen LogP contribution in [0.2, 0.25) is 0 Å². The molecule has 32 heavy (non-hydrogen) atoms. The third-order valence-electron chi connectivity index (χ3n) is 5.29. The molecule has 0 saturated carbocycles. The number of aliphatic hydroxyl groups excluding tert-OH is 1. The Kier molecular flexibility index (Phi) is 6.05. The molecule has 2 aromatic carbocycles. The molecule has 0 radical (unpaired) electrons. The van der Waals surface area contributed by atoms with E-state index >= 15 is 0 Å². The standard InChI is InChI=1S/C24H25NO7/c1-14(2)32-17-7-4-15(5-8-17)21-20(23(27)24(28)25(21)10-11-29-3)22(26)16-6-9-18-19(12-16)31-13-30-18/h4-9,12,14,21,26H,10-11,13H2,1-3H3/b22-20-.